The van der Waals surface area contributed by atoms with E-state index in [-0.39, 0.29) is 17.8 Å². The lowest BCUT2D eigenvalue weighted by atomic mass is 10.2. The minimum absolute atomic E-state index is 0.168. The first kappa shape index (κ1) is 15.7. The normalized spacial score (nSPS) is 23.1. The molecule has 3 N–H and O–H groups in total. The Labute approximate surface area is 125 Å². The molecule has 8 heteroatoms. The predicted molar refractivity (Wildman–Crippen MR) is 77.3 cm³/mol. The Hall–Kier alpha value is -0.700. The van der Waals surface area contributed by atoms with Crippen LogP contribution in [-0.2, 0) is 14.8 Å². The van der Waals surface area contributed by atoms with Crippen LogP contribution < -0.4 is 10.5 Å². The number of methoxy groups -OCH3 is 1. The quantitative estimate of drug-likeness (QED) is 0.798. The molecule has 1 aliphatic rings. The third-order valence-electron chi connectivity index (χ3n) is 3.40. The third-order valence-corrected chi connectivity index (χ3v) is 5.59. The second-order valence-electron chi connectivity index (χ2n) is 4.74. The molecule has 112 valence electrons. The molecule has 0 radical (unpaired) electrons. The molecular formula is C12H16BrFN2O3S. The maximum Gasteiger partial charge on any atom is 0.243 e. The van der Waals surface area contributed by atoms with Crippen LogP contribution in [0.3, 0.4) is 0 Å². The second-order valence-corrected chi connectivity index (χ2v) is 7.27. The van der Waals surface area contributed by atoms with Crippen LogP contribution in [0.1, 0.15) is 19.3 Å². The molecule has 0 bridgehead atoms. The highest BCUT2D eigenvalue weighted by Gasteiger charge is 2.32. The van der Waals surface area contributed by atoms with Crippen LogP contribution in [-0.4, -0.2) is 27.7 Å². The molecule has 0 spiro atoms. The number of hydrogen-bond acceptors (Lipinski definition) is 4. The number of rotatable bonds is 4. The highest BCUT2D eigenvalue weighted by Crippen LogP contribution is 2.28. The van der Waals surface area contributed by atoms with Crippen LogP contribution in [0.25, 0.3) is 0 Å². The van der Waals surface area contributed by atoms with Gasteiger partial charge < -0.3 is 10.5 Å². The fraction of sp³-hybridized carbons (Fsp3) is 0.500. The molecule has 2 unspecified atom stereocenters. The van der Waals surface area contributed by atoms with E-state index < -0.39 is 20.7 Å². The number of nitrogens with two attached hydrogens (primary N) is 1. The maximum atomic E-state index is 13.8. The molecule has 0 saturated heterocycles. The van der Waals surface area contributed by atoms with Gasteiger partial charge in [0.05, 0.1) is 6.10 Å². The van der Waals surface area contributed by atoms with Crippen molar-refractivity contribution in [3.05, 3.63) is 22.4 Å². The molecule has 0 amide bonds. The van der Waals surface area contributed by atoms with E-state index in [1.54, 1.807) is 0 Å². The van der Waals surface area contributed by atoms with Gasteiger partial charge in [0.15, 0.2) is 0 Å². The standard InChI is InChI=1S/C12H16BrFN2O3S/c1-19-11-4-2-3-10(11)16-20(17,18)12-6-9(15)7(13)5-8(12)14/h5-6,10-11,16H,2-4,15H2,1H3. The molecule has 1 fully saturated rings. The largest absolute Gasteiger partial charge is 0.398 e. The smallest absolute Gasteiger partial charge is 0.243 e. The van der Waals surface area contributed by atoms with E-state index >= 15 is 0 Å². The summed E-state index contributed by atoms with van der Waals surface area (Å²) in [5, 5.41) is 0. The molecule has 0 aliphatic heterocycles. The SMILES string of the molecule is COC1CCCC1NS(=O)(=O)c1cc(N)c(Br)cc1F. The van der Waals surface area contributed by atoms with Crippen LogP contribution in [0.15, 0.2) is 21.5 Å². The molecule has 5 nitrogen and oxygen atoms in total. The minimum Gasteiger partial charge on any atom is -0.398 e. The number of nitrogen functional groups attached to an aromatic ring is 1. The van der Waals surface area contributed by atoms with Crippen LogP contribution in [0.2, 0.25) is 0 Å². The number of nitrogens with one attached hydrogen (secondary N) is 1. The van der Waals surface area contributed by atoms with E-state index in [1.165, 1.54) is 7.11 Å². The molecule has 1 aliphatic carbocycles. The molecule has 1 saturated carbocycles. The number of ether oxygens (including phenoxy) is 1. The van der Waals surface area contributed by atoms with Gasteiger partial charge in [-0.1, -0.05) is 0 Å². The first-order valence-electron chi connectivity index (χ1n) is 6.15. The van der Waals surface area contributed by atoms with E-state index in [0.29, 0.717) is 10.9 Å². The van der Waals surface area contributed by atoms with E-state index in [0.717, 1.165) is 25.0 Å². The average Bonchev–Trinajstić information content (AvgIpc) is 2.80. The van der Waals surface area contributed by atoms with Crippen molar-refractivity contribution < 1.29 is 17.5 Å². The zero-order chi connectivity index (χ0) is 14.9. The van der Waals surface area contributed by atoms with E-state index in [9.17, 15) is 12.8 Å². The van der Waals surface area contributed by atoms with Crippen molar-refractivity contribution in [2.45, 2.75) is 36.3 Å². The summed E-state index contributed by atoms with van der Waals surface area (Å²) in [7, 11) is -2.43. The molecule has 1 aromatic carbocycles. The van der Waals surface area contributed by atoms with Crippen LogP contribution in [0, 0.1) is 5.82 Å². The van der Waals surface area contributed by atoms with Gasteiger partial charge in [0.25, 0.3) is 0 Å². The van der Waals surface area contributed by atoms with Gasteiger partial charge in [-0.2, -0.15) is 0 Å². The van der Waals surface area contributed by atoms with Crippen molar-refractivity contribution in [2.24, 2.45) is 0 Å². The van der Waals surface area contributed by atoms with Crippen LogP contribution in [0.5, 0.6) is 0 Å². The first-order valence-corrected chi connectivity index (χ1v) is 8.42. The van der Waals surface area contributed by atoms with E-state index in [2.05, 4.69) is 20.7 Å². The number of hydrogen-bond donors (Lipinski definition) is 2. The predicted octanol–water partition coefficient (Wildman–Crippen LogP) is 2.02. The summed E-state index contributed by atoms with van der Waals surface area (Å²) in [5.41, 5.74) is 5.79. The van der Waals surface area contributed by atoms with Gasteiger partial charge in [-0.3, -0.25) is 0 Å². The lowest BCUT2D eigenvalue weighted by Gasteiger charge is -2.20. The van der Waals surface area contributed by atoms with E-state index in [1.807, 2.05) is 0 Å². The molecule has 1 aromatic rings. The molecule has 0 heterocycles. The van der Waals surface area contributed by atoms with Gasteiger partial charge >= 0.3 is 0 Å². The zero-order valence-electron chi connectivity index (χ0n) is 10.9. The fourth-order valence-corrected chi connectivity index (χ4v) is 4.06. The lowest BCUT2D eigenvalue weighted by Crippen LogP contribution is -2.40. The molecular weight excluding hydrogens is 351 g/mol. The fourth-order valence-electron chi connectivity index (χ4n) is 2.36. The van der Waals surface area contributed by atoms with E-state index in [4.69, 9.17) is 10.5 Å². The lowest BCUT2D eigenvalue weighted by molar-refractivity contribution is 0.0916. The maximum absolute atomic E-state index is 13.8. The van der Waals surface area contributed by atoms with Crippen molar-refractivity contribution >= 4 is 31.6 Å². The summed E-state index contributed by atoms with van der Waals surface area (Å²) in [6, 6.07) is 1.82. The van der Waals surface area contributed by atoms with Gasteiger partial charge in [0.1, 0.15) is 10.7 Å². The number of sulfonamides is 1. The van der Waals surface area contributed by atoms with Crippen LogP contribution in [0.4, 0.5) is 10.1 Å². The highest BCUT2D eigenvalue weighted by atomic mass is 79.9. The Morgan fingerprint density at radius 3 is 2.80 bits per heavy atom. The summed E-state index contributed by atoms with van der Waals surface area (Å²) in [4.78, 5) is -0.444. The third kappa shape index (κ3) is 3.13. The van der Waals surface area contributed by atoms with Crippen molar-refractivity contribution in [1.82, 2.24) is 4.72 Å². The van der Waals surface area contributed by atoms with Gasteiger partial charge in [0.2, 0.25) is 10.0 Å². The summed E-state index contributed by atoms with van der Waals surface area (Å²) >= 11 is 3.06. The molecule has 2 atom stereocenters. The van der Waals surface area contributed by atoms with Gasteiger partial charge in [0, 0.05) is 23.3 Å². The van der Waals surface area contributed by atoms with Crippen molar-refractivity contribution in [3.63, 3.8) is 0 Å². The van der Waals surface area contributed by atoms with Crippen molar-refractivity contribution in [3.8, 4) is 0 Å². The number of benzene rings is 1. The molecule has 2 rings (SSSR count). The Balaban J connectivity index is 2.29. The summed E-state index contributed by atoms with van der Waals surface area (Å²) < 4.78 is 46.4. The Bertz CT molecular complexity index is 609. The monoisotopic (exact) mass is 366 g/mol. The van der Waals surface area contributed by atoms with Gasteiger partial charge in [-0.05, 0) is 47.3 Å². The summed E-state index contributed by atoms with van der Waals surface area (Å²) in [5.74, 6) is -0.842. The van der Waals surface area contributed by atoms with Gasteiger partial charge in [-0.15, -0.1) is 0 Å². The Morgan fingerprint density at radius 2 is 2.15 bits per heavy atom. The summed E-state index contributed by atoms with van der Waals surface area (Å²) in [6.45, 7) is 0. The summed E-state index contributed by atoms with van der Waals surface area (Å²) in [6.07, 6.45) is 2.15. The number of halogens is 2. The minimum atomic E-state index is -3.96. The second kappa shape index (κ2) is 5.97. The number of anilines is 1. The first-order chi connectivity index (χ1) is 9.35. The topological polar surface area (TPSA) is 81.4 Å². The van der Waals surface area contributed by atoms with Crippen molar-refractivity contribution in [1.29, 1.82) is 0 Å². The Kier molecular flexibility index (Phi) is 4.68. The zero-order valence-corrected chi connectivity index (χ0v) is 13.3. The van der Waals surface area contributed by atoms with Crippen LogP contribution >= 0.6 is 15.9 Å². The average molecular weight is 367 g/mol. The highest BCUT2D eigenvalue weighted by molar-refractivity contribution is 9.10. The van der Waals surface area contributed by atoms with Gasteiger partial charge in [-0.25, -0.2) is 17.5 Å². The van der Waals surface area contributed by atoms with Crippen molar-refractivity contribution in [2.75, 3.05) is 12.8 Å². The molecule has 0 aromatic heterocycles. The Morgan fingerprint density at radius 1 is 1.45 bits per heavy atom. The molecule has 20 heavy (non-hydrogen) atoms.